The first-order chi connectivity index (χ1) is 10.6. The summed E-state index contributed by atoms with van der Waals surface area (Å²) >= 11 is 6.66. The Morgan fingerprint density at radius 3 is 2.55 bits per heavy atom. The van der Waals surface area contributed by atoms with Gasteiger partial charge in [0.2, 0.25) is 0 Å². The molecule has 2 aliphatic heterocycles. The average Bonchev–Trinajstić information content (AvgIpc) is 2.78. The van der Waals surface area contributed by atoms with Crippen molar-refractivity contribution in [3.8, 4) is 0 Å². The number of carbonyl (C=O) groups is 1. The molecule has 22 heavy (non-hydrogen) atoms. The number of halogens is 1. The Morgan fingerprint density at radius 2 is 1.86 bits per heavy atom. The lowest BCUT2D eigenvalue weighted by Gasteiger charge is -2.29. The van der Waals surface area contributed by atoms with Gasteiger partial charge >= 0.3 is 0 Å². The summed E-state index contributed by atoms with van der Waals surface area (Å²) < 4.78 is 13.5. The minimum absolute atomic E-state index is 0.0510. The summed E-state index contributed by atoms with van der Waals surface area (Å²) in [4.78, 5) is 17.1. The maximum absolute atomic E-state index is 12.9. The van der Waals surface area contributed by atoms with Crippen molar-refractivity contribution >= 4 is 40.3 Å². The minimum atomic E-state index is -0.283. The first-order valence-corrected chi connectivity index (χ1v) is 8.59. The SMILES string of the molecule is O=C1/C(=C\c2ccc(F)cc2)SC(=S)N1CN1CCCCC1. The summed E-state index contributed by atoms with van der Waals surface area (Å²) in [5.41, 5.74) is 0.805. The van der Waals surface area contributed by atoms with E-state index in [2.05, 4.69) is 4.90 Å². The van der Waals surface area contributed by atoms with Crippen molar-refractivity contribution < 1.29 is 9.18 Å². The van der Waals surface area contributed by atoms with Crippen molar-refractivity contribution in [1.82, 2.24) is 9.80 Å². The third-order valence-electron chi connectivity index (χ3n) is 3.83. The van der Waals surface area contributed by atoms with Crippen LogP contribution in [-0.4, -0.2) is 39.8 Å². The average molecular weight is 336 g/mol. The van der Waals surface area contributed by atoms with E-state index in [4.69, 9.17) is 12.2 Å². The molecule has 0 aromatic heterocycles. The van der Waals surface area contributed by atoms with Crippen molar-refractivity contribution in [1.29, 1.82) is 0 Å². The van der Waals surface area contributed by atoms with E-state index in [1.165, 1.54) is 43.2 Å². The van der Waals surface area contributed by atoms with E-state index in [0.29, 0.717) is 15.9 Å². The van der Waals surface area contributed by atoms with Crippen LogP contribution in [0, 0.1) is 5.82 Å². The molecule has 2 saturated heterocycles. The van der Waals surface area contributed by atoms with Gasteiger partial charge in [-0.25, -0.2) is 4.39 Å². The van der Waals surface area contributed by atoms with Crippen LogP contribution >= 0.6 is 24.0 Å². The Bertz CT molecular complexity index is 609. The monoisotopic (exact) mass is 336 g/mol. The van der Waals surface area contributed by atoms with Gasteiger partial charge in [-0.3, -0.25) is 14.6 Å². The first kappa shape index (κ1) is 15.6. The van der Waals surface area contributed by atoms with Crippen LogP contribution in [0.1, 0.15) is 24.8 Å². The number of nitrogens with zero attached hydrogens (tertiary/aromatic N) is 2. The van der Waals surface area contributed by atoms with Crippen LogP contribution in [-0.2, 0) is 4.79 Å². The number of rotatable bonds is 3. The van der Waals surface area contributed by atoms with Crippen LogP contribution in [0.3, 0.4) is 0 Å². The van der Waals surface area contributed by atoms with Gasteiger partial charge in [-0.15, -0.1) is 0 Å². The van der Waals surface area contributed by atoms with Gasteiger partial charge in [-0.2, -0.15) is 0 Å². The Morgan fingerprint density at radius 1 is 1.18 bits per heavy atom. The Labute approximate surface area is 139 Å². The molecule has 1 aromatic rings. The van der Waals surface area contributed by atoms with Crippen molar-refractivity contribution in [3.63, 3.8) is 0 Å². The van der Waals surface area contributed by atoms with E-state index in [1.807, 2.05) is 0 Å². The van der Waals surface area contributed by atoms with Crippen LogP contribution in [0.2, 0.25) is 0 Å². The third-order valence-corrected chi connectivity index (χ3v) is 5.21. The number of thioether (sulfide) groups is 1. The highest BCUT2D eigenvalue weighted by molar-refractivity contribution is 8.26. The molecular weight excluding hydrogens is 319 g/mol. The number of piperidine rings is 1. The lowest BCUT2D eigenvalue weighted by atomic mass is 10.1. The van der Waals surface area contributed by atoms with Gasteiger partial charge in [-0.1, -0.05) is 42.5 Å². The number of carbonyl (C=O) groups excluding carboxylic acids is 1. The summed E-state index contributed by atoms with van der Waals surface area (Å²) in [6.07, 6.45) is 5.40. The normalized spacial score (nSPS) is 21.9. The van der Waals surface area contributed by atoms with Crippen molar-refractivity contribution in [2.45, 2.75) is 19.3 Å². The molecule has 0 saturated carbocycles. The van der Waals surface area contributed by atoms with E-state index < -0.39 is 0 Å². The van der Waals surface area contributed by atoms with Crippen LogP contribution in [0.25, 0.3) is 6.08 Å². The molecule has 116 valence electrons. The molecule has 0 spiro atoms. The van der Waals surface area contributed by atoms with Crippen LogP contribution in [0.5, 0.6) is 0 Å². The molecule has 2 heterocycles. The third kappa shape index (κ3) is 3.56. The van der Waals surface area contributed by atoms with Crippen molar-refractivity contribution in [2.75, 3.05) is 19.8 Å². The lowest BCUT2D eigenvalue weighted by Crippen LogP contribution is -2.42. The zero-order valence-corrected chi connectivity index (χ0v) is 13.8. The summed E-state index contributed by atoms with van der Waals surface area (Å²) in [6.45, 7) is 2.62. The molecule has 1 amide bonds. The van der Waals surface area contributed by atoms with Gasteiger partial charge in [-0.05, 0) is 49.7 Å². The molecule has 1 aromatic carbocycles. The van der Waals surface area contributed by atoms with E-state index in [0.717, 1.165) is 18.7 Å². The van der Waals surface area contributed by atoms with E-state index in [1.54, 1.807) is 23.1 Å². The van der Waals surface area contributed by atoms with Gasteiger partial charge in [0.25, 0.3) is 5.91 Å². The number of thiocarbonyl (C=S) groups is 1. The number of hydrogen-bond donors (Lipinski definition) is 0. The number of likely N-dealkylation sites (tertiary alicyclic amines) is 1. The maximum Gasteiger partial charge on any atom is 0.267 e. The summed E-state index contributed by atoms with van der Waals surface area (Å²) in [5, 5.41) is 0. The Balaban J connectivity index is 1.71. The van der Waals surface area contributed by atoms with Crippen molar-refractivity contribution in [3.05, 3.63) is 40.6 Å². The number of amides is 1. The quantitative estimate of drug-likeness (QED) is 0.623. The smallest absolute Gasteiger partial charge is 0.267 e. The second-order valence-electron chi connectivity index (χ2n) is 5.48. The second kappa shape index (κ2) is 6.89. The fourth-order valence-corrected chi connectivity index (χ4v) is 3.87. The van der Waals surface area contributed by atoms with Crippen LogP contribution in [0.4, 0.5) is 4.39 Å². The summed E-state index contributed by atoms with van der Waals surface area (Å²) in [5.74, 6) is -0.334. The van der Waals surface area contributed by atoms with E-state index in [9.17, 15) is 9.18 Å². The molecule has 0 bridgehead atoms. The fourth-order valence-electron chi connectivity index (χ4n) is 2.63. The highest BCUT2D eigenvalue weighted by Gasteiger charge is 2.33. The predicted octanol–water partition coefficient (Wildman–Crippen LogP) is 3.47. The Hall–Kier alpha value is -1.24. The molecule has 0 unspecified atom stereocenters. The van der Waals surface area contributed by atoms with Crippen LogP contribution in [0.15, 0.2) is 29.2 Å². The van der Waals surface area contributed by atoms with Gasteiger partial charge in [0, 0.05) is 0 Å². The molecule has 0 radical (unpaired) electrons. The topological polar surface area (TPSA) is 23.6 Å². The molecule has 3 rings (SSSR count). The zero-order valence-electron chi connectivity index (χ0n) is 12.1. The molecular formula is C16H17FN2OS2. The predicted molar refractivity (Wildman–Crippen MR) is 91.7 cm³/mol. The number of benzene rings is 1. The standard InChI is InChI=1S/C16H17FN2OS2/c17-13-6-4-12(5-7-13)10-14-15(20)19(16(21)22-14)11-18-8-2-1-3-9-18/h4-7,10H,1-3,8-9,11H2/b14-10+. The fraction of sp³-hybridized carbons (Fsp3) is 0.375. The lowest BCUT2D eigenvalue weighted by molar-refractivity contribution is -0.123. The largest absolute Gasteiger partial charge is 0.286 e. The molecule has 0 atom stereocenters. The minimum Gasteiger partial charge on any atom is -0.286 e. The van der Waals surface area contributed by atoms with E-state index >= 15 is 0 Å². The Kier molecular flexibility index (Phi) is 4.90. The summed E-state index contributed by atoms with van der Waals surface area (Å²) in [7, 11) is 0. The highest BCUT2D eigenvalue weighted by Crippen LogP contribution is 2.32. The van der Waals surface area contributed by atoms with Crippen LogP contribution < -0.4 is 0 Å². The molecule has 2 aliphatic rings. The molecule has 0 aliphatic carbocycles. The highest BCUT2D eigenvalue weighted by atomic mass is 32.2. The van der Waals surface area contributed by atoms with E-state index in [-0.39, 0.29) is 11.7 Å². The molecule has 3 nitrogen and oxygen atoms in total. The first-order valence-electron chi connectivity index (χ1n) is 7.37. The molecule has 6 heteroatoms. The second-order valence-corrected chi connectivity index (χ2v) is 7.16. The van der Waals surface area contributed by atoms with Gasteiger partial charge in [0.05, 0.1) is 11.6 Å². The number of hydrogen-bond acceptors (Lipinski definition) is 4. The van der Waals surface area contributed by atoms with Crippen molar-refractivity contribution in [2.24, 2.45) is 0 Å². The zero-order chi connectivity index (χ0) is 15.5. The van der Waals surface area contributed by atoms with Gasteiger partial charge in [0.15, 0.2) is 0 Å². The molecule has 2 fully saturated rings. The molecule has 0 N–H and O–H groups in total. The summed E-state index contributed by atoms with van der Waals surface area (Å²) in [6, 6.07) is 6.10. The van der Waals surface area contributed by atoms with Gasteiger partial charge < -0.3 is 0 Å². The van der Waals surface area contributed by atoms with Gasteiger partial charge in [0.1, 0.15) is 10.1 Å². The maximum atomic E-state index is 12.9.